The van der Waals surface area contributed by atoms with Crippen molar-refractivity contribution in [2.45, 2.75) is 13.0 Å². The number of nitrogens with zero attached hydrogens (tertiary/aromatic N) is 1. The highest BCUT2D eigenvalue weighted by molar-refractivity contribution is 5.85. The molecular weight excluding hydrogens is 184 g/mol. The van der Waals surface area contributed by atoms with Gasteiger partial charge in [0.2, 0.25) is 5.91 Å². The first-order chi connectivity index (χ1) is 6.63. The molecule has 3 amide bonds. The smallest absolute Gasteiger partial charge is 0.318 e. The summed E-state index contributed by atoms with van der Waals surface area (Å²) in [5.74, 6) is -0.119. The molecule has 1 heterocycles. The van der Waals surface area contributed by atoms with Gasteiger partial charge < -0.3 is 21.3 Å². The van der Waals surface area contributed by atoms with E-state index in [-0.39, 0.29) is 24.5 Å². The van der Waals surface area contributed by atoms with Gasteiger partial charge in [-0.05, 0) is 6.92 Å². The van der Waals surface area contributed by atoms with Gasteiger partial charge in [-0.25, -0.2) is 4.79 Å². The molecule has 0 aromatic rings. The Bertz CT molecular complexity index is 231. The molecule has 1 aliphatic heterocycles. The van der Waals surface area contributed by atoms with Gasteiger partial charge in [0.05, 0.1) is 0 Å². The van der Waals surface area contributed by atoms with Crippen molar-refractivity contribution in [1.82, 2.24) is 15.5 Å². The van der Waals surface area contributed by atoms with E-state index in [1.54, 1.807) is 0 Å². The summed E-state index contributed by atoms with van der Waals surface area (Å²) in [6, 6.07) is -0.287. The molecular formula is C8H16N4O2. The Balaban J connectivity index is 2.39. The van der Waals surface area contributed by atoms with Gasteiger partial charge in [0.1, 0.15) is 6.54 Å². The third-order valence-electron chi connectivity index (χ3n) is 2.05. The Morgan fingerprint density at radius 1 is 1.79 bits per heavy atom. The summed E-state index contributed by atoms with van der Waals surface area (Å²) < 4.78 is 0. The number of piperazine rings is 1. The van der Waals surface area contributed by atoms with Gasteiger partial charge in [-0.1, -0.05) is 0 Å². The van der Waals surface area contributed by atoms with Gasteiger partial charge in [0.15, 0.2) is 0 Å². The van der Waals surface area contributed by atoms with Crippen LogP contribution in [-0.4, -0.2) is 49.1 Å². The van der Waals surface area contributed by atoms with Crippen LogP contribution in [0.5, 0.6) is 0 Å². The fourth-order valence-corrected chi connectivity index (χ4v) is 1.17. The Hall–Kier alpha value is -1.30. The fraction of sp³-hybridized carbons (Fsp3) is 0.750. The van der Waals surface area contributed by atoms with E-state index in [0.717, 1.165) is 0 Å². The van der Waals surface area contributed by atoms with Crippen LogP contribution in [0.25, 0.3) is 0 Å². The second kappa shape index (κ2) is 4.80. The van der Waals surface area contributed by atoms with Crippen LogP contribution in [-0.2, 0) is 4.79 Å². The molecule has 80 valence electrons. The standard InChI is InChI=1S/C8H16N4O2/c1-6(4-9)11-8(14)12-3-2-10-7(13)5-12/h6H,2-5,9H2,1H3,(H,10,13)(H,11,14). The van der Waals surface area contributed by atoms with E-state index < -0.39 is 0 Å². The molecule has 1 fully saturated rings. The molecule has 6 heteroatoms. The maximum atomic E-state index is 11.5. The molecule has 1 rings (SSSR count). The first-order valence-corrected chi connectivity index (χ1v) is 4.65. The first-order valence-electron chi connectivity index (χ1n) is 4.65. The van der Waals surface area contributed by atoms with Crippen molar-refractivity contribution in [3.05, 3.63) is 0 Å². The summed E-state index contributed by atoms with van der Waals surface area (Å²) in [7, 11) is 0. The lowest BCUT2D eigenvalue weighted by atomic mass is 10.3. The summed E-state index contributed by atoms with van der Waals surface area (Å²) >= 11 is 0. The molecule has 6 nitrogen and oxygen atoms in total. The highest BCUT2D eigenvalue weighted by atomic mass is 16.2. The molecule has 0 radical (unpaired) electrons. The van der Waals surface area contributed by atoms with E-state index in [9.17, 15) is 9.59 Å². The van der Waals surface area contributed by atoms with Crippen molar-refractivity contribution < 1.29 is 9.59 Å². The lowest BCUT2D eigenvalue weighted by Crippen LogP contribution is -2.54. The number of hydrogen-bond acceptors (Lipinski definition) is 3. The second-order valence-corrected chi connectivity index (χ2v) is 3.36. The van der Waals surface area contributed by atoms with Crippen molar-refractivity contribution in [2.24, 2.45) is 5.73 Å². The number of rotatable bonds is 2. The molecule has 0 spiro atoms. The zero-order valence-electron chi connectivity index (χ0n) is 8.25. The minimum absolute atomic E-state index is 0.0625. The molecule has 0 bridgehead atoms. The van der Waals surface area contributed by atoms with Crippen molar-refractivity contribution in [3.63, 3.8) is 0 Å². The Labute approximate surface area is 82.8 Å². The predicted molar refractivity (Wildman–Crippen MR) is 51.6 cm³/mol. The van der Waals surface area contributed by atoms with Gasteiger partial charge in [-0.2, -0.15) is 0 Å². The molecule has 14 heavy (non-hydrogen) atoms. The van der Waals surface area contributed by atoms with Gasteiger partial charge in [0.25, 0.3) is 0 Å². The van der Waals surface area contributed by atoms with Crippen molar-refractivity contribution >= 4 is 11.9 Å². The SMILES string of the molecule is CC(CN)NC(=O)N1CCNC(=O)C1. The zero-order chi connectivity index (χ0) is 10.6. The third kappa shape index (κ3) is 2.88. The number of carbonyl (C=O) groups excluding carboxylic acids is 2. The van der Waals surface area contributed by atoms with Crippen LogP contribution < -0.4 is 16.4 Å². The Kier molecular flexibility index (Phi) is 3.70. The number of hydrogen-bond donors (Lipinski definition) is 3. The van der Waals surface area contributed by atoms with Crippen LogP contribution in [0.2, 0.25) is 0 Å². The lowest BCUT2D eigenvalue weighted by Gasteiger charge is -2.27. The van der Waals surface area contributed by atoms with Crippen LogP contribution in [0.15, 0.2) is 0 Å². The fourth-order valence-electron chi connectivity index (χ4n) is 1.17. The molecule has 1 unspecified atom stereocenters. The lowest BCUT2D eigenvalue weighted by molar-refractivity contribution is -0.123. The molecule has 0 saturated carbocycles. The van der Waals surface area contributed by atoms with Crippen LogP contribution in [0.3, 0.4) is 0 Å². The van der Waals surface area contributed by atoms with Crippen molar-refractivity contribution in [3.8, 4) is 0 Å². The zero-order valence-corrected chi connectivity index (χ0v) is 8.25. The van der Waals surface area contributed by atoms with Crippen LogP contribution >= 0.6 is 0 Å². The number of nitrogens with one attached hydrogen (secondary N) is 2. The number of nitrogens with two attached hydrogens (primary N) is 1. The Morgan fingerprint density at radius 2 is 2.50 bits per heavy atom. The van der Waals surface area contributed by atoms with Crippen molar-refractivity contribution in [1.29, 1.82) is 0 Å². The van der Waals surface area contributed by atoms with E-state index in [1.165, 1.54) is 4.90 Å². The minimum atomic E-state index is -0.224. The molecule has 0 aromatic carbocycles. The third-order valence-corrected chi connectivity index (χ3v) is 2.05. The largest absolute Gasteiger partial charge is 0.353 e. The minimum Gasteiger partial charge on any atom is -0.353 e. The highest BCUT2D eigenvalue weighted by Crippen LogP contribution is 1.94. The number of carbonyl (C=O) groups is 2. The maximum Gasteiger partial charge on any atom is 0.318 e. The molecule has 1 aliphatic rings. The monoisotopic (exact) mass is 200 g/mol. The quantitative estimate of drug-likeness (QED) is 0.505. The highest BCUT2D eigenvalue weighted by Gasteiger charge is 2.21. The summed E-state index contributed by atoms with van der Waals surface area (Å²) in [6.45, 7) is 3.41. The summed E-state index contributed by atoms with van der Waals surface area (Å²) in [6.07, 6.45) is 0. The van der Waals surface area contributed by atoms with E-state index in [4.69, 9.17) is 5.73 Å². The van der Waals surface area contributed by atoms with Gasteiger partial charge in [0, 0.05) is 25.7 Å². The number of amides is 3. The average Bonchev–Trinajstić information content (AvgIpc) is 2.17. The van der Waals surface area contributed by atoms with Gasteiger partial charge >= 0.3 is 6.03 Å². The molecule has 4 N–H and O–H groups in total. The van der Waals surface area contributed by atoms with Crippen LogP contribution in [0.1, 0.15) is 6.92 Å². The van der Waals surface area contributed by atoms with Crippen LogP contribution in [0.4, 0.5) is 4.79 Å². The van der Waals surface area contributed by atoms with E-state index >= 15 is 0 Å². The van der Waals surface area contributed by atoms with E-state index in [0.29, 0.717) is 19.6 Å². The average molecular weight is 200 g/mol. The van der Waals surface area contributed by atoms with Gasteiger partial charge in [-0.3, -0.25) is 4.79 Å². The van der Waals surface area contributed by atoms with Gasteiger partial charge in [-0.15, -0.1) is 0 Å². The maximum absolute atomic E-state index is 11.5. The summed E-state index contributed by atoms with van der Waals surface area (Å²) in [5.41, 5.74) is 5.36. The molecule has 1 saturated heterocycles. The molecule has 0 aromatic heterocycles. The number of urea groups is 1. The molecule has 0 aliphatic carbocycles. The van der Waals surface area contributed by atoms with Crippen LogP contribution in [0, 0.1) is 0 Å². The summed E-state index contributed by atoms with van der Waals surface area (Å²) in [5, 5.41) is 5.35. The predicted octanol–water partition coefficient (Wildman–Crippen LogP) is -1.52. The Morgan fingerprint density at radius 3 is 3.07 bits per heavy atom. The molecule has 1 atom stereocenters. The normalized spacial score (nSPS) is 18.7. The first kappa shape index (κ1) is 10.8. The van der Waals surface area contributed by atoms with Crippen molar-refractivity contribution in [2.75, 3.05) is 26.2 Å². The summed E-state index contributed by atoms with van der Waals surface area (Å²) in [4.78, 5) is 23.9. The second-order valence-electron chi connectivity index (χ2n) is 3.36. The topological polar surface area (TPSA) is 87.5 Å². The van der Waals surface area contributed by atoms with E-state index in [2.05, 4.69) is 10.6 Å². The van der Waals surface area contributed by atoms with E-state index in [1.807, 2.05) is 6.92 Å².